The second-order valence-corrected chi connectivity index (χ2v) is 4.48. The number of aromatic nitrogens is 2. The predicted molar refractivity (Wildman–Crippen MR) is 69.3 cm³/mol. The zero-order valence-electron chi connectivity index (χ0n) is 10.8. The molecular formula is C14H15FN2O2. The van der Waals surface area contributed by atoms with Gasteiger partial charge in [0.05, 0.1) is 19.0 Å². The van der Waals surface area contributed by atoms with Gasteiger partial charge in [-0.2, -0.15) is 0 Å². The van der Waals surface area contributed by atoms with Gasteiger partial charge in [0.1, 0.15) is 5.82 Å². The van der Waals surface area contributed by atoms with Crippen molar-refractivity contribution in [3.05, 3.63) is 63.6 Å². The molecule has 0 bridgehead atoms. The third-order valence-electron chi connectivity index (χ3n) is 3.12. The standard InChI is InChI=1S/C14H15FN2O2/c1-9-10(2)16-8-17(14(9)19)7-13(18)11-4-3-5-12(15)6-11/h3-6,8,13,18H,7H2,1-2H3. The first-order chi connectivity index (χ1) is 8.99. The predicted octanol–water partition coefficient (Wildman–Crippen LogP) is 1.73. The fourth-order valence-electron chi connectivity index (χ4n) is 1.81. The number of rotatable bonds is 3. The molecule has 0 amide bonds. The number of hydrogen-bond acceptors (Lipinski definition) is 3. The van der Waals surface area contributed by atoms with E-state index in [1.165, 1.54) is 29.1 Å². The lowest BCUT2D eigenvalue weighted by Gasteiger charge is -2.13. The fourth-order valence-corrected chi connectivity index (χ4v) is 1.81. The summed E-state index contributed by atoms with van der Waals surface area (Å²) in [6, 6.07) is 5.70. The lowest BCUT2D eigenvalue weighted by Crippen LogP contribution is -2.26. The molecule has 1 aromatic heterocycles. The summed E-state index contributed by atoms with van der Waals surface area (Å²) in [7, 11) is 0. The van der Waals surface area contributed by atoms with Crippen LogP contribution in [0.25, 0.3) is 0 Å². The zero-order valence-corrected chi connectivity index (χ0v) is 10.8. The summed E-state index contributed by atoms with van der Waals surface area (Å²) in [5, 5.41) is 10.0. The molecule has 0 fully saturated rings. The van der Waals surface area contributed by atoms with Crippen LogP contribution in [0.1, 0.15) is 22.9 Å². The van der Waals surface area contributed by atoms with Crippen LogP contribution in [0.2, 0.25) is 0 Å². The summed E-state index contributed by atoms with van der Waals surface area (Å²) < 4.78 is 14.4. The molecule has 4 nitrogen and oxygen atoms in total. The molecule has 5 heteroatoms. The van der Waals surface area contributed by atoms with Crippen molar-refractivity contribution in [2.45, 2.75) is 26.5 Å². The molecule has 0 aliphatic heterocycles. The van der Waals surface area contributed by atoms with E-state index in [1.807, 2.05) is 0 Å². The van der Waals surface area contributed by atoms with Crippen LogP contribution >= 0.6 is 0 Å². The number of nitrogens with zero attached hydrogens (tertiary/aromatic N) is 2. The highest BCUT2D eigenvalue weighted by Crippen LogP contribution is 2.15. The molecule has 0 aliphatic rings. The first-order valence-electron chi connectivity index (χ1n) is 5.95. The SMILES string of the molecule is Cc1ncn(CC(O)c2cccc(F)c2)c(=O)c1C. The van der Waals surface area contributed by atoms with Crippen LogP contribution in [0.5, 0.6) is 0 Å². The third-order valence-corrected chi connectivity index (χ3v) is 3.12. The number of aliphatic hydroxyl groups excluding tert-OH is 1. The molecule has 0 spiro atoms. The van der Waals surface area contributed by atoms with Crippen LogP contribution in [-0.4, -0.2) is 14.7 Å². The molecular weight excluding hydrogens is 247 g/mol. The van der Waals surface area contributed by atoms with Crippen molar-refractivity contribution >= 4 is 0 Å². The van der Waals surface area contributed by atoms with Gasteiger partial charge in [0.25, 0.3) is 5.56 Å². The Morgan fingerprint density at radius 1 is 1.42 bits per heavy atom. The van der Waals surface area contributed by atoms with Gasteiger partial charge in [0.2, 0.25) is 0 Å². The van der Waals surface area contributed by atoms with E-state index in [0.717, 1.165) is 0 Å². The maximum absolute atomic E-state index is 13.1. The Bertz CT molecular complexity index is 652. The van der Waals surface area contributed by atoms with Gasteiger partial charge in [-0.15, -0.1) is 0 Å². The van der Waals surface area contributed by atoms with Gasteiger partial charge in [-0.25, -0.2) is 9.37 Å². The maximum atomic E-state index is 13.1. The monoisotopic (exact) mass is 262 g/mol. The zero-order chi connectivity index (χ0) is 14.0. The topological polar surface area (TPSA) is 55.1 Å². The van der Waals surface area contributed by atoms with E-state index in [4.69, 9.17) is 0 Å². The van der Waals surface area contributed by atoms with E-state index >= 15 is 0 Å². The summed E-state index contributed by atoms with van der Waals surface area (Å²) >= 11 is 0. The molecule has 1 atom stereocenters. The molecule has 2 aromatic rings. The molecule has 0 saturated heterocycles. The molecule has 0 saturated carbocycles. The minimum atomic E-state index is -0.947. The molecule has 1 unspecified atom stereocenters. The van der Waals surface area contributed by atoms with Gasteiger partial charge in [0.15, 0.2) is 0 Å². The van der Waals surface area contributed by atoms with Crippen LogP contribution < -0.4 is 5.56 Å². The number of hydrogen-bond donors (Lipinski definition) is 1. The molecule has 0 aliphatic carbocycles. The average molecular weight is 262 g/mol. The Labute approximate surface area is 110 Å². The van der Waals surface area contributed by atoms with Crippen molar-refractivity contribution in [1.82, 2.24) is 9.55 Å². The lowest BCUT2D eigenvalue weighted by molar-refractivity contribution is 0.154. The lowest BCUT2D eigenvalue weighted by atomic mass is 10.1. The second-order valence-electron chi connectivity index (χ2n) is 4.48. The van der Waals surface area contributed by atoms with Crippen molar-refractivity contribution in [3.63, 3.8) is 0 Å². The minimum absolute atomic E-state index is 0.0520. The summed E-state index contributed by atoms with van der Waals surface area (Å²) in [6.45, 7) is 3.50. The van der Waals surface area contributed by atoms with E-state index in [0.29, 0.717) is 16.8 Å². The Hall–Kier alpha value is -2.01. The van der Waals surface area contributed by atoms with E-state index in [1.54, 1.807) is 19.9 Å². The van der Waals surface area contributed by atoms with Crippen LogP contribution in [0.3, 0.4) is 0 Å². The maximum Gasteiger partial charge on any atom is 0.256 e. The van der Waals surface area contributed by atoms with E-state index < -0.39 is 11.9 Å². The molecule has 100 valence electrons. The number of aryl methyl sites for hydroxylation is 1. The molecule has 2 rings (SSSR count). The summed E-state index contributed by atoms with van der Waals surface area (Å²) in [6.07, 6.45) is 0.449. The molecule has 0 radical (unpaired) electrons. The fraction of sp³-hybridized carbons (Fsp3) is 0.286. The van der Waals surface area contributed by atoms with Crippen LogP contribution in [0, 0.1) is 19.7 Å². The van der Waals surface area contributed by atoms with Gasteiger partial charge in [0, 0.05) is 11.3 Å². The highest BCUT2D eigenvalue weighted by Gasteiger charge is 2.11. The Kier molecular flexibility index (Phi) is 3.76. The van der Waals surface area contributed by atoms with Crippen molar-refractivity contribution in [2.75, 3.05) is 0 Å². The number of benzene rings is 1. The minimum Gasteiger partial charge on any atom is -0.387 e. The molecule has 19 heavy (non-hydrogen) atoms. The van der Waals surface area contributed by atoms with Crippen molar-refractivity contribution in [1.29, 1.82) is 0 Å². The Balaban J connectivity index is 2.27. The van der Waals surface area contributed by atoms with Crippen LogP contribution in [0.4, 0.5) is 4.39 Å². The summed E-state index contributed by atoms with van der Waals surface area (Å²) in [4.78, 5) is 16.0. The first kappa shape index (κ1) is 13.4. The van der Waals surface area contributed by atoms with Gasteiger partial charge >= 0.3 is 0 Å². The number of aliphatic hydroxyl groups is 1. The van der Waals surface area contributed by atoms with Crippen molar-refractivity contribution in [2.24, 2.45) is 0 Å². The molecule has 1 aromatic carbocycles. The number of halogens is 1. The quantitative estimate of drug-likeness (QED) is 0.916. The van der Waals surface area contributed by atoms with Gasteiger partial charge in [-0.3, -0.25) is 9.36 Å². The summed E-state index contributed by atoms with van der Waals surface area (Å²) in [5.74, 6) is -0.415. The van der Waals surface area contributed by atoms with Crippen molar-refractivity contribution in [3.8, 4) is 0 Å². The largest absolute Gasteiger partial charge is 0.387 e. The Morgan fingerprint density at radius 2 is 2.16 bits per heavy atom. The molecule has 1 N–H and O–H groups in total. The van der Waals surface area contributed by atoms with Gasteiger partial charge < -0.3 is 5.11 Å². The van der Waals surface area contributed by atoms with E-state index in [-0.39, 0.29) is 12.1 Å². The van der Waals surface area contributed by atoms with Crippen LogP contribution in [-0.2, 0) is 6.54 Å². The average Bonchev–Trinajstić information content (AvgIpc) is 2.39. The third kappa shape index (κ3) is 2.88. The normalized spacial score (nSPS) is 12.4. The summed E-state index contributed by atoms with van der Waals surface area (Å²) in [5.41, 5.74) is 1.46. The van der Waals surface area contributed by atoms with E-state index in [9.17, 15) is 14.3 Å². The Morgan fingerprint density at radius 3 is 2.84 bits per heavy atom. The highest BCUT2D eigenvalue weighted by atomic mass is 19.1. The van der Waals surface area contributed by atoms with Gasteiger partial charge in [-0.05, 0) is 31.5 Å². The van der Waals surface area contributed by atoms with Gasteiger partial charge in [-0.1, -0.05) is 12.1 Å². The van der Waals surface area contributed by atoms with Crippen molar-refractivity contribution < 1.29 is 9.50 Å². The second kappa shape index (κ2) is 5.32. The highest BCUT2D eigenvalue weighted by molar-refractivity contribution is 5.19. The molecule has 1 heterocycles. The van der Waals surface area contributed by atoms with E-state index in [2.05, 4.69) is 4.98 Å². The smallest absolute Gasteiger partial charge is 0.256 e. The first-order valence-corrected chi connectivity index (χ1v) is 5.95. The van der Waals surface area contributed by atoms with Crippen LogP contribution in [0.15, 0.2) is 35.4 Å².